The quantitative estimate of drug-likeness (QED) is 0.576. The molecule has 1 atom stereocenters. The highest BCUT2D eigenvalue weighted by Crippen LogP contribution is 2.21. The van der Waals surface area contributed by atoms with Crippen LogP contribution < -0.4 is 5.32 Å². The molecular weight excluding hydrogens is 244 g/mol. The molecular formula is C14H28N2O3. The lowest BCUT2D eigenvalue weighted by molar-refractivity contribution is -0.156. The van der Waals surface area contributed by atoms with Crippen molar-refractivity contribution in [1.82, 2.24) is 10.2 Å². The maximum atomic E-state index is 10.7. The van der Waals surface area contributed by atoms with E-state index in [1.54, 1.807) is 0 Å². The van der Waals surface area contributed by atoms with E-state index in [-0.39, 0.29) is 6.54 Å². The molecule has 0 aromatic rings. The number of hydrogen-bond acceptors (Lipinski definition) is 4. The van der Waals surface area contributed by atoms with E-state index in [1.165, 1.54) is 39.0 Å². The molecule has 0 amide bonds. The predicted octanol–water partition coefficient (Wildman–Crippen LogP) is 1.07. The summed E-state index contributed by atoms with van der Waals surface area (Å²) in [6, 6.07) is 0.718. The molecule has 0 radical (unpaired) electrons. The van der Waals surface area contributed by atoms with Gasteiger partial charge in [0, 0.05) is 12.6 Å². The Morgan fingerprint density at radius 2 is 2.00 bits per heavy atom. The predicted molar refractivity (Wildman–Crippen MR) is 75.2 cm³/mol. The number of nitrogens with one attached hydrogen (secondary N) is 1. The second-order valence-electron chi connectivity index (χ2n) is 5.88. The van der Waals surface area contributed by atoms with Crippen LogP contribution >= 0.6 is 0 Å². The molecule has 1 aliphatic rings. The highest BCUT2D eigenvalue weighted by Gasteiger charge is 2.28. The molecule has 5 nitrogen and oxygen atoms in total. The number of carbonyl (C=O) groups is 1. The molecule has 1 saturated carbocycles. The van der Waals surface area contributed by atoms with Crippen LogP contribution in [0.2, 0.25) is 0 Å². The van der Waals surface area contributed by atoms with Crippen molar-refractivity contribution < 1.29 is 15.0 Å². The summed E-state index contributed by atoms with van der Waals surface area (Å²) in [6.45, 7) is 3.17. The summed E-state index contributed by atoms with van der Waals surface area (Å²) < 4.78 is 0. The zero-order valence-corrected chi connectivity index (χ0v) is 12.2. The van der Waals surface area contributed by atoms with Gasteiger partial charge in [0.25, 0.3) is 0 Å². The first-order chi connectivity index (χ1) is 8.93. The average Bonchev–Trinajstić information content (AvgIpc) is 2.38. The van der Waals surface area contributed by atoms with Gasteiger partial charge in [-0.3, -0.25) is 0 Å². The van der Waals surface area contributed by atoms with Crippen molar-refractivity contribution in [2.24, 2.45) is 0 Å². The van der Waals surface area contributed by atoms with Crippen LogP contribution in [-0.4, -0.2) is 59.4 Å². The fourth-order valence-corrected chi connectivity index (χ4v) is 2.57. The Balaban J connectivity index is 2.08. The summed E-state index contributed by atoms with van der Waals surface area (Å²) in [5, 5.41) is 21.3. The van der Waals surface area contributed by atoms with Crippen molar-refractivity contribution >= 4 is 5.97 Å². The molecule has 19 heavy (non-hydrogen) atoms. The van der Waals surface area contributed by atoms with E-state index in [0.717, 1.165) is 25.6 Å². The molecule has 5 heteroatoms. The molecule has 0 saturated heterocycles. The van der Waals surface area contributed by atoms with Crippen molar-refractivity contribution in [2.45, 2.75) is 57.1 Å². The second kappa shape index (κ2) is 7.82. The van der Waals surface area contributed by atoms with E-state index in [9.17, 15) is 9.90 Å². The van der Waals surface area contributed by atoms with Crippen LogP contribution in [0.3, 0.4) is 0 Å². The lowest BCUT2D eigenvalue weighted by Crippen LogP contribution is -2.45. The lowest BCUT2D eigenvalue weighted by atomic mass is 9.94. The van der Waals surface area contributed by atoms with Crippen LogP contribution in [0.4, 0.5) is 0 Å². The number of nitrogens with zero attached hydrogens (tertiary/aromatic N) is 1. The second-order valence-corrected chi connectivity index (χ2v) is 5.88. The van der Waals surface area contributed by atoms with Gasteiger partial charge in [0.2, 0.25) is 0 Å². The standard InChI is InChI=1S/C14H28N2O3/c1-14(19,13(17)18)11-15-9-6-10-16(2)12-7-4-3-5-8-12/h12,15,19H,3-11H2,1-2H3,(H,17,18). The topological polar surface area (TPSA) is 72.8 Å². The van der Waals surface area contributed by atoms with E-state index >= 15 is 0 Å². The summed E-state index contributed by atoms with van der Waals surface area (Å²) in [4.78, 5) is 13.1. The Hall–Kier alpha value is -0.650. The monoisotopic (exact) mass is 272 g/mol. The first kappa shape index (κ1) is 16.4. The molecule has 0 aliphatic heterocycles. The van der Waals surface area contributed by atoms with Crippen molar-refractivity contribution in [3.8, 4) is 0 Å². The molecule has 0 heterocycles. The van der Waals surface area contributed by atoms with Crippen LogP contribution in [-0.2, 0) is 4.79 Å². The van der Waals surface area contributed by atoms with Crippen molar-refractivity contribution in [3.05, 3.63) is 0 Å². The molecule has 1 fully saturated rings. The van der Waals surface area contributed by atoms with Crippen LogP contribution in [0, 0.1) is 0 Å². The number of carboxylic acids is 1. The van der Waals surface area contributed by atoms with Crippen molar-refractivity contribution in [2.75, 3.05) is 26.7 Å². The summed E-state index contributed by atoms with van der Waals surface area (Å²) in [7, 11) is 2.17. The minimum Gasteiger partial charge on any atom is -0.479 e. The van der Waals surface area contributed by atoms with Gasteiger partial charge >= 0.3 is 5.97 Å². The molecule has 1 unspecified atom stereocenters. The third-order valence-corrected chi connectivity index (χ3v) is 3.99. The van der Waals surface area contributed by atoms with Gasteiger partial charge in [0.15, 0.2) is 5.60 Å². The number of rotatable bonds is 8. The summed E-state index contributed by atoms with van der Waals surface area (Å²) in [5.41, 5.74) is -1.67. The molecule has 0 spiro atoms. The lowest BCUT2D eigenvalue weighted by Gasteiger charge is -2.31. The van der Waals surface area contributed by atoms with E-state index in [0.29, 0.717) is 0 Å². The Morgan fingerprint density at radius 3 is 2.58 bits per heavy atom. The van der Waals surface area contributed by atoms with Crippen LogP contribution in [0.5, 0.6) is 0 Å². The molecule has 1 aliphatic carbocycles. The van der Waals surface area contributed by atoms with Crippen LogP contribution in [0.1, 0.15) is 45.4 Å². The zero-order valence-electron chi connectivity index (χ0n) is 12.2. The normalized spacial score (nSPS) is 20.4. The number of aliphatic carboxylic acids is 1. The third kappa shape index (κ3) is 5.89. The van der Waals surface area contributed by atoms with Gasteiger partial charge in [-0.25, -0.2) is 4.79 Å². The van der Waals surface area contributed by atoms with Crippen LogP contribution in [0.15, 0.2) is 0 Å². The zero-order chi connectivity index (χ0) is 14.3. The Bertz CT molecular complexity index is 276. The van der Waals surface area contributed by atoms with Gasteiger partial charge in [-0.05, 0) is 46.3 Å². The maximum absolute atomic E-state index is 10.7. The molecule has 112 valence electrons. The van der Waals surface area contributed by atoms with Gasteiger partial charge < -0.3 is 20.4 Å². The summed E-state index contributed by atoms with van der Waals surface area (Å²) in [5.74, 6) is -1.18. The van der Waals surface area contributed by atoms with E-state index < -0.39 is 11.6 Å². The highest BCUT2D eigenvalue weighted by molar-refractivity contribution is 5.76. The maximum Gasteiger partial charge on any atom is 0.336 e. The molecule has 0 bridgehead atoms. The minimum atomic E-state index is -1.67. The third-order valence-electron chi connectivity index (χ3n) is 3.99. The smallest absolute Gasteiger partial charge is 0.336 e. The minimum absolute atomic E-state index is 0.0927. The summed E-state index contributed by atoms with van der Waals surface area (Å²) >= 11 is 0. The van der Waals surface area contributed by atoms with Gasteiger partial charge in [-0.2, -0.15) is 0 Å². The first-order valence-electron chi connectivity index (χ1n) is 7.30. The number of hydrogen-bond donors (Lipinski definition) is 3. The molecule has 0 aromatic carbocycles. The molecule has 0 aromatic heterocycles. The number of aliphatic hydroxyl groups is 1. The average molecular weight is 272 g/mol. The SMILES string of the molecule is CN(CCCNCC(C)(O)C(=O)O)C1CCCCC1. The molecule has 3 N–H and O–H groups in total. The highest BCUT2D eigenvalue weighted by atomic mass is 16.4. The van der Waals surface area contributed by atoms with E-state index in [2.05, 4.69) is 17.3 Å². The Morgan fingerprint density at radius 1 is 1.37 bits per heavy atom. The fraction of sp³-hybridized carbons (Fsp3) is 0.929. The van der Waals surface area contributed by atoms with Gasteiger partial charge in [-0.1, -0.05) is 19.3 Å². The van der Waals surface area contributed by atoms with Gasteiger partial charge in [0.05, 0.1) is 0 Å². The summed E-state index contributed by atoms with van der Waals surface area (Å²) in [6.07, 6.45) is 7.64. The Kier molecular flexibility index (Phi) is 6.75. The van der Waals surface area contributed by atoms with Crippen LogP contribution in [0.25, 0.3) is 0 Å². The van der Waals surface area contributed by atoms with Crippen molar-refractivity contribution in [1.29, 1.82) is 0 Å². The Labute approximate surface area is 116 Å². The van der Waals surface area contributed by atoms with E-state index in [4.69, 9.17) is 5.11 Å². The first-order valence-corrected chi connectivity index (χ1v) is 7.30. The van der Waals surface area contributed by atoms with Gasteiger partial charge in [0.1, 0.15) is 0 Å². The van der Waals surface area contributed by atoms with E-state index in [1.807, 2.05) is 0 Å². The van der Waals surface area contributed by atoms with Gasteiger partial charge in [-0.15, -0.1) is 0 Å². The fourth-order valence-electron chi connectivity index (χ4n) is 2.57. The largest absolute Gasteiger partial charge is 0.479 e. The number of carboxylic acid groups (broad SMARTS) is 1. The molecule has 1 rings (SSSR count). The van der Waals surface area contributed by atoms with Crippen molar-refractivity contribution in [3.63, 3.8) is 0 Å².